The van der Waals surface area contributed by atoms with Gasteiger partial charge in [0.1, 0.15) is 0 Å². The minimum absolute atomic E-state index is 0.0398. The predicted molar refractivity (Wildman–Crippen MR) is 141 cm³/mol. The summed E-state index contributed by atoms with van der Waals surface area (Å²) >= 11 is 0. The Balaban J connectivity index is 1.67. The Hall–Kier alpha value is -3.79. The molecule has 2 amide bonds. The molecule has 1 heterocycles. The molecule has 2 aliphatic carbocycles. The molecule has 4 nitrogen and oxygen atoms in total. The third-order valence-corrected chi connectivity index (χ3v) is 8.85. The summed E-state index contributed by atoms with van der Waals surface area (Å²) in [4.78, 5) is 44.4. The number of carbonyl (C=O) groups excluding carboxylic acids is 3. The van der Waals surface area contributed by atoms with E-state index in [1.54, 1.807) is 0 Å². The summed E-state index contributed by atoms with van der Waals surface area (Å²) in [6, 6.07) is 27.4. The van der Waals surface area contributed by atoms with Crippen molar-refractivity contribution in [3.8, 4) is 0 Å². The van der Waals surface area contributed by atoms with Gasteiger partial charge in [-0.25, -0.2) is 4.90 Å². The lowest BCUT2D eigenvalue weighted by atomic mass is 9.60. The van der Waals surface area contributed by atoms with Gasteiger partial charge in [-0.3, -0.25) is 14.4 Å². The highest BCUT2D eigenvalue weighted by Crippen LogP contribution is 2.75. The lowest BCUT2D eigenvalue weighted by molar-refractivity contribution is -0.134. The van der Waals surface area contributed by atoms with Gasteiger partial charge in [0.05, 0.1) is 28.4 Å². The van der Waals surface area contributed by atoms with E-state index in [1.165, 1.54) is 4.90 Å². The van der Waals surface area contributed by atoms with E-state index in [0.717, 1.165) is 27.8 Å². The molecule has 3 aromatic rings. The van der Waals surface area contributed by atoms with Gasteiger partial charge in [-0.05, 0) is 54.2 Å². The summed E-state index contributed by atoms with van der Waals surface area (Å²) in [6.07, 6.45) is 0.937. The first-order valence-corrected chi connectivity index (χ1v) is 12.8. The summed E-state index contributed by atoms with van der Waals surface area (Å²) in [6.45, 7) is 5.96. The molecular formula is C32H29NO3. The fourth-order valence-electron chi connectivity index (χ4n) is 7.40. The Morgan fingerprint density at radius 1 is 0.639 bits per heavy atom. The van der Waals surface area contributed by atoms with Crippen molar-refractivity contribution in [3.63, 3.8) is 0 Å². The van der Waals surface area contributed by atoms with Crippen LogP contribution in [0.15, 0.2) is 84.9 Å². The molecule has 0 radical (unpaired) electrons. The molecule has 3 aliphatic rings. The van der Waals surface area contributed by atoms with Crippen LogP contribution in [0.1, 0.15) is 43.4 Å². The normalized spacial score (nSPS) is 28.9. The second kappa shape index (κ2) is 7.86. The summed E-state index contributed by atoms with van der Waals surface area (Å²) in [5.41, 5.74) is 3.32. The molecule has 0 N–H and O–H groups in total. The number of benzene rings is 3. The van der Waals surface area contributed by atoms with Gasteiger partial charge >= 0.3 is 0 Å². The molecule has 1 aliphatic heterocycles. The average Bonchev–Trinajstić information content (AvgIpc) is 3.41. The molecule has 6 rings (SSSR count). The van der Waals surface area contributed by atoms with E-state index >= 15 is 0 Å². The van der Waals surface area contributed by atoms with Gasteiger partial charge in [0, 0.05) is 0 Å². The molecule has 3 aromatic carbocycles. The highest BCUT2D eigenvalue weighted by atomic mass is 16.2. The molecule has 2 fully saturated rings. The maximum absolute atomic E-state index is 14.7. The van der Waals surface area contributed by atoms with Gasteiger partial charge in [-0.1, -0.05) is 92.2 Å². The third kappa shape index (κ3) is 2.57. The minimum Gasteiger partial charge on any atom is -0.298 e. The first-order valence-electron chi connectivity index (χ1n) is 12.8. The molecule has 0 aromatic heterocycles. The van der Waals surface area contributed by atoms with Crippen LogP contribution < -0.4 is 4.90 Å². The van der Waals surface area contributed by atoms with Crippen LogP contribution >= 0.6 is 0 Å². The highest BCUT2D eigenvalue weighted by molar-refractivity contribution is 6.34. The Labute approximate surface area is 211 Å². The number of anilines is 1. The van der Waals surface area contributed by atoms with E-state index in [2.05, 4.69) is 0 Å². The molecule has 36 heavy (non-hydrogen) atoms. The summed E-state index contributed by atoms with van der Waals surface area (Å²) in [7, 11) is 0. The van der Waals surface area contributed by atoms with Crippen LogP contribution in [0, 0.1) is 29.6 Å². The van der Waals surface area contributed by atoms with Crippen molar-refractivity contribution in [3.05, 3.63) is 102 Å². The smallest absolute Gasteiger partial charge is 0.239 e. The van der Waals surface area contributed by atoms with Crippen molar-refractivity contribution in [2.45, 2.75) is 33.6 Å². The Morgan fingerprint density at radius 3 is 1.44 bits per heavy atom. The summed E-state index contributed by atoms with van der Waals surface area (Å²) < 4.78 is 0. The molecule has 180 valence electrons. The van der Waals surface area contributed by atoms with Crippen LogP contribution in [0.3, 0.4) is 0 Å². The summed E-state index contributed by atoms with van der Waals surface area (Å²) in [5.74, 6) is -1.87. The highest BCUT2D eigenvalue weighted by Gasteiger charge is 2.80. The van der Waals surface area contributed by atoms with Crippen molar-refractivity contribution < 1.29 is 14.4 Å². The second-order valence-corrected chi connectivity index (χ2v) is 10.3. The monoisotopic (exact) mass is 475 g/mol. The number of rotatable bonds is 5. The van der Waals surface area contributed by atoms with Gasteiger partial charge < -0.3 is 0 Å². The zero-order valence-electron chi connectivity index (χ0n) is 20.8. The van der Waals surface area contributed by atoms with E-state index in [-0.39, 0.29) is 17.6 Å². The lowest BCUT2D eigenvalue weighted by Crippen LogP contribution is -2.41. The fraction of sp³-hybridized carbons (Fsp3) is 0.281. The van der Waals surface area contributed by atoms with Crippen LogP contribution in [0.2, 0.25) is 0 Å². The third-order valence-electron chi connectivity index (χ3n) is 8.85. The molecule has 4 atom stereocenters. The van der Waals surface area contributed by atoms with Crippen molar-refractivity contribution in [2.75, 3.05) is 4.90 Å². The first-order chi connectivity index (χ1) is 17.4. The fourth-order valence-corrected chi connectivity index (χ4v) is 7.40. The summed E-state index contributed by atoms with van der Waals surface area (Å²) in [5, 5.41) is 0. The van der Waals surface area contributed by atoms with Crippen LogP contribution in [0.4, 0.5) is 5.69 Å². The van der Waals surface area contributed by atoms with Gasteiger partial charge in [0.2, 0.25) is 11.8 Å². The van der Waals surface area contributed by atoms with Crippen molar-refractivity contribution >= 4 is 34.4 Å². The van der Waals surface area contributed by atoms with E-state index in [0.29, 0.717) is 18.5 Å². The van der Waals surface area contributed by atoms with E-state index in [9.17, 15) is 14.4 Å². The number of nitrogens with zero attached hydrogens (tertiary/aromatic N) is 1. The number of amides is 2. The number of Topliss-reactive ketones (excluding diaryl/α,β-unsaturated/α-hetero) is 1. The van der Waals surface area contributed by atoms with Gasteiger partial charge in [-0.15, -0.1) is 0 Å². The Bertz CT molecular complexity index is 1340. The van der Waals surface area contributed by atoms with Crippen LogP contribution in [0.25, 0.3) is 11.1 Å². The van der Waals surface area contributed by atoms with Crippen molar-refractivity contribution in [1.82, 2.24) is 0 Å². The van der Waals surface area contributed by atoms with Gasteiger partial charge in [0.25, 0.3) is 0 Å². The predicted octanol–water partition coefficient (Wildman–Crippen LogP) is 6.10. The Morgan fingerprint density at radius 2 is 1.06 bits per heavy atom. The van der Waals surface area contributed by atoms with Gasteiger partial charge in [-0.2, -0.15) is 0 Å². The molecule has 4 heteroatoms. The number of allylic oxidation sites excluding steroid dienone is 2. The number of hydrogen-bond acceptors (Lipinski definition) is 3. The molecule has 0 unspecified atom stereocenters. The molecule has 1 saturated heterocycles. The molecule has 1 saturated carbocycles. The number of hydrogen-bond donors (Lipinski definition) is 0. The van der Waals surface area contributed by atoms with E-state index < -0.39 is 22.7 Å². The number of aryl methyl sites for hydroxylation is 1. The van der Waals surface area contributed by atoms with E-state index in [4.69, 9.17) is 0 Å². The average molecular weight is 476 g/mol. The van der Waals surface area contributed by atoms with Crippen molar-refractivity contribution in [1.29, 1.82) is 0 Å². The Kier molecular flexibility index (Phi) is 4.95. The van der Waals surface area contributed by atoms with Gasteiger partial charge in [0.15, 0.2) is 5.78 Å². The quantitative estimate of drug-likeness (QED) is 0.419. The maximum Gasteiger partial charge on any atom is 0.239 e. The van der Waals surface area contributed by atoms with Crippen LogP contribution in [0.5, 0.6) is 0 Å². The molecule has 2 bridgehead atoms. The topological polar surface area (TPSA) is 54.5 Å². The maximum atomic E-state index is 14.7. The zero-order valence-corrected chi connectivity index (χ0v) is 20.8. The molecular weight excluding hydrogens is 446 g/mol. The second-order valence-electron chi connectivity index (χ2n) is 10.3. The first kappa shape index (κ1) is 22.7. The number of imide groups is 1. The van der Waals surface area contributed by atoms with Crippen LogP contribution in [-0.2, 0) is 14.4 Å². The number of ketones is 1. The zero-order chi connectivity index (χ0) is 25.2. The lowest BCUT2D eigenvalue weighted by Gasteiger charge is -2.38. The number of fused-ring (bicyclic) bond motifs is 5. The van der Waals surface area contributed by atoms with E-state index in [1.807, 2.05) is 106 Å². The van der Waals surface area contributed by atoms with Crippen LogP contribution in [-0.4, -0.2) is 17.6 Å². The van der Waals surface area contributed by atoms with Crippen molar-refractivity contribution in [2.24, 2.45) is 22.7 Å². The largest absolute Gasteiger partial charge is 0.298 e. The standard InChI is InChI=1S/C32H29NO3/c1-4-31-24(21-12-8-6-9-13-21)25(22-14-10-7-11-15-22)32(5-2,30(31)36)27-26(31)28(34)33(29(27)35)23-18-16-20(3)17-19-23/h6-19,26-27H,4-5H2,1-3H3/t26-,27+,31-,32-/m1/s1. The number of carbonyl (C=O) groups is 3. The SMILES string of the molecule is CC[C@@]12C(=O)[C@](CC)(C(c3ccccc3)=C1c1ccccc1)[C@H]1C(=O)N(c3ccc(C)cc3)C(=O)[C@H]12. The minimum atomic E-state index is -1.04. The molecule has 0 spiro atoms.